The van der Waals surface area contributed by atoms with Crippen molar-refractivity contribution in [2.75, 3.05) is 20.3 Å². The lowest BCUT2D eigenvalue weighted by molar-refractivity contribution is -0.140. The lowest BCUT2D eigenvalue weighted by Gasteiger charge is -2.22. The Kier molecular flexibility index (Phi) is 7.24. The summed E-state index contributed by atoms with van der Waals surface area (Å²) in [5, 5.41) is 22.1. The first-order chi connectivity index (χ1) is 7.92. The number of amides is 2. The zero-order valence-corrected chi connectivity index (χ0v) is 10.3. The van der Waals surface area contributed by atoms with Crippen LogP contribution in [0.1, 0.15) is 13.8 Å². The molecular formula is C10H20N2O5. The second kappa shape index (κ2) is 7.86. The molecule has 0 radical (unpaired) electrons. The summed E-state index contributed by atoms with van der Waals surface area (Å²) < 4.78 is 4.94. The Balaban J connectivity index is 4.26. The summed E-state index contributed by atoms with van der Waals surface area (Å²) in [5.74, 6) is -1.13. The highest BCUT2D eigenvalue weighted by Crippen LogP contribution is 2.01. The number of aliphatic hydroxyl groups is 1. The Morgan fingerprint density at radius 3 is 2.24 bits per heavy atom. The van der Waals surface area contributed by atoms with E-state index in [1.54, 1.807) is 0 Å². The normalized spacial score (nSPS) is 14.2. The first kappa shape index (κ1) is 15.7. The summed E-state index contributed by atoms with van der Waals surface area (Å²) in [5.41, 5.74) is 0. The number of carboxylic acids is 1. The van der Waals surface area contributed by atoms with Gasteiger partial charge in [0.25, 0.3) is 0 Å². The number of urea groups is 1. The molecule has 0 saturated heterocycles. The van der Waals surface area contributed by atoms with Gasteiger partial charge < -0.3 is 25.6 Å². The largest absolute Gasteiger partial charge is 0.480 e. The van der Waals surface area contributed by atoms with E-state index < -0.39 is 24.6 Å². The zero-order chi connectivity index (χ0) is 13.4. The Labute approximate surface area is 100 Å². The third-order valence-electron chi connectivity index (χ3n) is 2.25. The van der Waals surface area contributed by atoms with Gasteiger partial charge in [0.15, 0.2) is 6.04 Å². The quantitative estimate of drug-likeness (QED) is 0.481. The van der Waals surface area contributed by atoms with E-state index in [-0.39, 0.29) is 12.0 Å². The number of carboxylic acid groups (broad SMARTS) is 1. The Hall–Kier alpha value is -1.34. The van der Waals surface area contributed by atoms with E-state index in [9.17, 15) is 9.59 Å². The van der Waals surface area contributed by atoms with Gasteiger partial charge in [-0.1, -0.05) is 13.8 Å². The van der Waals surface area contributed by atoms with Crippen LogP contribution in [-0.4, -0.2) is 54.6 Å². The van der Waals surface area contributed by atoms with Gasteiger partial charge in [-0.25, -0.2) is 9.59 Å². The fraction of sp³-hybridized carbons (Fsp3) is 0.800. The molecule has 0 rings (SSSR count). The van der Waals surface area contributed by atoms with Gasteiger partial charge in [-0.15, -0.1) is 0 Å². The summed E-state index contributed by atoms with van der Waals surface area (Å²) in [7, 11) is 1.52. The van der Waals surface area contributed by atoms with Crippen molar-refractivity contribution in [2.24, 2.45) is 5.92 Å². The van der Waals surface area contributed by atoms with Crippen molar-refractivity contribution in [1.29, 1.82) is 0 Å². The maximum Gasteiger partial charge on any atom is 0.328 e. The fourth-order valence-corrected chi connectivity index (χ4v) is 1.13. The minimum absolute atomic E-state index is 0.151. The molecule has 0 saturated carbocycles. The molecule has 0 fully saturated rings. The molecular weight excluding hydrogens is 228 g/mol. The second-order valence-electron chi connectivity index (χ2n) is 4.00. The summed E-state index contributed by atoms with van der Waals surface area (Å²) in [6, 6.07) is -2.15. The van der Waals surface area contributed by atoms with Crippen LogP contribution in [0.25, 0.3) is 0 Å². The van der Waals surface area contributed by atoms with Crippen molar-refractivity contribution in [3.8, 4) is 0 Å². The number of carbonyl (C=O) groups is 2. The number of carbonyl (C=O) groups excluding carboxylic acids is 1. The molecule has 4 N–H and O–H groups in total. The lowest BCUT2D eigenvalue weighted by Crippen LogP contribution is -2.52. The minimum Gasteiger partial charge on any atom is -0.480 e. The van der Waals surface area contributed by atoms with E-state index >= 15 is 0 Å². The molecule has 0 aromatic carbocycles. The molecule has 2 atom stereocenters. The van der Waals surface area contributed by atoms with Crippen LogP contribution in [0.4, 0.5) is 4.79 Å². The van der Waals surface area contributed by atoms with E-state index in [4.69, 9.17) is 14.9 Å². The molecule has 0 aromatic heterocycles. The van der Waals surface area contributed by atoms with Crippen molar-refractivity contribution in [1.82, 2.24) is 10.6 Å². The van der Waals surface area contributed by atoms with Crippen LogP contribution < -0.4 is 10.6 Å². The summed E-state index contributed by atoms with van der Waals surface area (Å²) in [4.78, 5) is 22.0. The topological polar surface area (TPSA) is 108 Å². The van der Waals surface area contributed by atoms with Gasteiger partial charge in [-0.3, -0.25) is 0 Å². The van der Waals surface area contributed by atoms with Crippen LogP contribution >= 0.6 is 0 Å². The van der Waals surface area contributed by atoms with Crippen molar-refractivity contribution in [3.63, 3.8) is 0 Å². The van der Waals surface area contributed by atoms with Gasteiger partial charge in [0.05, 0.1) is 19.3 Å². The number of ether oxygens (including phenoxy) is 1. The third kappa shape index (κ3) is 6.08. The van der Waals surface area contributed by atoms with E-state index in [1.165, 1.54) is 7.11 Å². The molecule has 100 valence electrons. The molecule has 0 aromatic rings. The molecule has 0 heterocycles. The Morgan fingerprint density at radius 2 is 1.88 bits per heavy atom. The zero-order valence-electron chi connectivity index (χ0n) is 10.3. The van der Waals surface area contributed by atoms with Crippen molar-refractivity contribution in [2.45, 2.75) is 25.9 Å². The van der Waals surface area contributed by atoms with Crippen LogP contribution in [0.15, 0.2) is 0 Å². The van der Waals surface area contributed by atoms with Crippen molar-refractivity contribution >= 4 is 12.0 Å². The van der Waals surface area contributed by atoms with E-state index in [0.29, 0.717) is 6.61 Å². The van der Waals surface area contributed by atoms with Crippen LogP contribution in [0.2, 0.25) is 0 Å². The first-order valence-electron chi connectivity index (χ1n) is 5.32. The minimum atomic E-state index is -1.30. The van der Waals surface area contributed by atoms with E-state index in [2.05, 4.69) is 10.6 Å². The van der Waals surface area contributed by atoms with E-state index in [1.807, 2.05) is 13.8 Å². The van der Waals surface area contributed by atoms with Crippen LogP contribution in [0.5, 0.6) is 0 Å². The Morgan fingerprint density at radius 1 is 1.29 bits per heavy atom. The standard InChI is InChI=1S/C10H20N2O5/c1-6(2)8(5-17-3)12-10(16)11-7(4-13)9(14)15/h6-8,13H,4-5H2,1-3H3,(H,14,15)(H2,11,12,16)/t7-,8?/m0/s1. The van der Waals surface area contributed by atoms with E-state index in [0.717, 1.165) is 0 Å². The number of nitrogens with one attached hydrogen (secondary N) is 2. The van der Waals surface area contributed by atoms with Crippen LogP contribution in [0.3, 0.4) is 0 Å². The predicted molar refractivity (Wildman–Crippen MR) is 60.7 cm³/mol. The molecule has 0 aliphatic rings. The Bertz CT molecular complexity index is 257. The maximum atomic E-state index is 11.5. The number of aliphatic carboxylic acids is 1. The molecule has 0 bridgehead atoms. The number of hydrogen-bond donors (Lipinski definition) is 4. The molecule has 0 aliphatic heterocycles. The molecule has 0 aliphatic carbocycles. The van der Waals surface area contributed by atoms with Crippen molar-refractivity contribution in [3.05, 3.63) is 0 Å². The van der Waals surface area contributed by atoms with Gasteiger partial charge in [-0.05, 0) is 5.92 Å². The molecule has 7 nitrogen and oxygen atoms in total. The molecule has 17 heavy (non-hydrogen) atoms. The maximum absolute atomic E-state index is 11.5. The van der Waals surface area contributed by atoms with Crippen LogP contribution in [-0.2, 0) is 9.53 Å². The highest BCUT2D eigenvalue weighted by Gasteiger charge is 2.21. The third-order valence-corrected chi connectivity index (χ3v) is 2.25. The average molecular weight is 248 g/mol. The molecule has 1 unspecified atom stereocenters. The monoisotopic (exact) mass is 248 g/mol. The smallest absolute Gasteiger partial charge is 0.328 e. The number of rotatable bonds is 7. The lowest BCUT2D eigenvalue weighted by atomic mass is 10.1. The number of hydrogen-bond acceptors (Lipinski definition) is 4. The average Bonchev–Trinajstić information content (AvgIpc) is 2.24. The van der Waals surface area contributed by atoms with Gasteiger partial charge in [-0.2, -0.15) is 0 Å². The summed E-state index contributed by atoms with van der Waals surface area (Å²) in [6.07, 6.45) is 0. The number of methoxy groups -OCH3 is 1. The van der Waals surface area contributed by atoms with Gasteiger partial charge in [0.1, 0.15) is 0 Å². The molecule has 0 spiro atoms. The highest BCUT2D eigenvalue weighted by atomic mass is 16.5. The second-order valence-corrected chi connectivity index (χ2v) is 4.00. The molecule has 7 heteroatoms. The fourth-order valence-electron chi connectivity index (χ4n) is 1.13. The molecule has 2 amide bonds. The predicted octanol–water partition coefficient (Wildman–Crippen LogP) is -0.598. The first-order valence-corrected chi connectivity index (χ1v) is 5.32. The van der Waals surface area contributed by atoms with Gasteiger partial charge in [0.2, 0.25) is 0 Å². The number of aliphatic hydroxyl groups excluding tert-OH is 1. The summed E-state index contributed by atoms with van der Waals surface area (Å²) >= 11 is 0. The van der Waals surface area contributed by atoms with Crippen molar-refractivity contribution < 1.29 is 24.5 Å². The van der Waals surface area contributed by atoms with Crippen LogP contribution in [0, 0.1) is 5.92 Å². The highest BCUT2D eigenvalue weighted by molar-refractivity contribution is 5.82. The van der Waals surface area contributed by atoms with Gasteiger partial charge in [0, 0.05) is 7.11 Å². The van der Waals surface area contributed by atoms with Gasteiger partial charge >= 0.3 is 12.0 Å². The SMILES string of the molecule is COCC(NC(=O)N[C@@H](CO)C(=O)O)C(C)C. The summed E-state index contributed by atoms with van der Waals surface area (Å²) in [6.45, 7) is 3.50.